The molecule has 2 amide bonds. The molecule has 0 saturated heterocycles. The summed E-state index contributed by atoms with van der Waals surface area (Å²) in [4.78, 5) is 36.5. The molecule has 0 radical (unpaired) electrons. The number of furan rings is 1. The number of imidazole rings is 1. The van der Waals surface area contributed by atoms with Gasteiger partial charge in [0.25, 0.3) is 5.91 Å². The van der Waals surface area contributed by atoms with Crippen molar-refractivity contribution in [3.63, 3.8) is 0 Å². The number of rotatable bonds is 11. The Hall–Kier alpha value is -3.46. The van der Waals surface area contributed by atoms with Crippen molar-refractivity contribution in [2.24, 2.45) is 0 Å². The molecule has 4 rings (SSSR count). The first-order valence-corrected chi connectivity index (χ1v) is 11.9. The third kappa shape index (κ3) is 5.87. The maximum atomic E-state index is 12.4. The Bertz CT molecular complexity index is 1200. The van der Waals surface area contributed by atoms with Crippen molar-refractivity contribution in [3.05, 3.63) is 59.1 Å². The molecule has 0 fully saturated rings. The Morgan fingerprint density at radius 2 is 2.09 bits per heavy atom. The summed E-state index contributed by atoms with van der Waals surface area (Å²) in [6.45, 7) is 0.472. The van der Waals surface area contributed by atoms with Gasteiger partial charge in [-0.1, -0.05) is 12.8 Å². The van der Waals surface area contributed by atoms with Crippen LogP contribution in [0.4, 0.5) is 0 Å². The Balaban J connectivity index is 1.43. The van der Waals surface area contributed by atoms with Gasteiger partial charge in [-0.2, -0.15) is 0 Å². The maximum Gasteiger partial charge on any atom is 0.263 e. The van der Waals surface area contributed by atoms with Crippen LogP contribution in [0.1, 0.15) is 53.5 Å². The number of thiazole rings is 1. The van der Waals surface area contributed by atoms with Crippen LogP contribution in [-0.2, 0) is 4.79 Å². The van der Waals surface area contributed by atoms with Gasteiger partial charge in [-0.15, -0.1) is 11.3 Å². The molecule has 0 aliphatic carbocycles. The van der Waals surface area contributed by atoms with Gasteiger partial charge in [0.1, 0.15) is 16.3 Å². The fourth-order valence-electron chi connectivity index (χ4n) is 3.77. The number of hydrogen-bond acceptors (Lipinski definition) is 6. The molecule has 0 aliphatic rings. The van der Waals surface area contributed by atoms with E-state index in [0.717, 1.165) is 53.7 Å². The average Bonchev–Trinajstić information content (AvgIpc) is 3.61. The number of aromatic nitrogens is 3. The number of amides is 2. The average molecular weight is 466 g/mol. The molecule has 8 nitrogen and oxygen atoms in total. The second-order valence-electron chi connectivity index (χ2n) is 7.90. The highest BCUT2D eigenvalue weighted by molar-refractivity contribution is 7.11. The number of nitrogens with zero attached hydrogens (tertiary/aromatic N) is 2. The largest absolute Gasteiger partial charge is 0.464 e. The molecular formula is C24H27N5O3S. The fraction of sp³-hybridized carbons (Fsp3) is 0.333. The van der Waals surface area contributed by atoms with Gasteiger partial charge in [0.2, 0.25) is 5.91 Å². The van der Waals surface area contributed by atoms with Crippen LogP contribution in [0.5, 0.6) is 0 Å². The molecule has 172 valence electrons. The molecule has 0 saturated carbocycles. The molecule has 1 unspecified atom stereocenters. The summed E-state index contributed by atoms with van der Waals surface area (Å²) in [5.74, 6) is 0.814. The van der Waals surface area contributed by atoms with Crippen LogP contribution in [0.15, 0.2) is 52.9 Å². The quantitative estimate of drug-likeness (QED) is 0.283. The number of carbonyl (C=O) groups excluding carboxylic acids is 2. The van der Waals surface area contributed by atoms with Crippen molar-refractivity contribution in [1.82, 2.24) is 25.6 Å². The van der Waals surface area contributed by atoms with Crippen molar-refractivity contribution < 1.29 is 14.0 Å². The van der Waals surface area contributed by atoms with Crippen molar-refractivity contribution in [1.29, 1.82) is 0 Å². The van der Waals surface area contributed by atoms with Gasteiger partial charge in [0, 0.05) is 36.9 Å². The van der Waals surface area contributed by atoms with Crippen molar-refractivity contribution in [2.45, 2.75) is 38.0 Å². The molecular weight excluding hydrogens is 438 g/mol. The minimum absolute atomic E-state index is 0.0354. The van der Waals surface area contributed by atoms with E-state index in [9.17, 15) is 9.59 Å². The minimum Gasteiger partial charge on any atom is -0.464 e. The molecule has 33 heavy (non-hydrogen) atoms. The molecule has 3 heterocycles. The smallest absolute Gasteiger partial charge is 0.263 e. The first kappa shape index (κ1) is 22.7. The zero-order valence-corrected chi connectivity index (χ0v) is 19.3. The molecule has 4 aromatic rings. The van der Waals surface area contributed by atoms with E-state index in [2.05, 4.69) is 31.7 Å². The van der Waals surface area contributed by atoms with Gasteiger partial charge in [-0.25, -0.2) is 4.98 Å². The number of unbranched alkanes of at least 4 members (excludes halogenated alkanes) is 2. The summed E-state index contributed by atoms with van der Waals surface area (Å²) in [7, 11) is 1.66. The number of H-pyrrole nitrogens is 1. The number of fused-ring (bicyclic) bond motifs is 1. The fourth-order valence-corrected chi connectivity index (χ4v) is 4.31. The summed E-state index contributed by atoms with van der Waals surface area (Å²) < 4.78 is 5.43. The summed E-state index contributed by atoms with van der Waals surface area (Å²) in [5, 5.41) is 6.70. The highest BCUT2D eigenvalue weighted by Gasteiger charge is 2.18. The molecule has 9 heteroatoms. The van der Waals surface area contributed by atoms with E-state index < -0.39 is 0 Å². The zero-order chi connectivity index (χ0) is 23.0. The van der Waals surface area contributed by atoms with Crippen LogP contribution >= 0.6 is 11.3 Å². The molecule has 1 atom stereocenters. The summed E-state index contributed by atoms with van der Waals surface area (Å²) >= 11 is 1.32. The highest BCUT2D eigenvalue weighted by Crippen LogP contribution is 2.27. The molecule has 3 N–H and O–H groups in total. The van der Waals surface area contributed by atoms with Gasteiger partial charge < -0.3 is 20.0 Å². The molecule has 3 aromatic heterocycles. The van der Waals surface area contributed by atoms with E-state index in [0.29, 0.717) is 17.8 Å². The lowest BCUT2D eigenvalue weighted by Gasteiger charge is -2.15. The van der Waals surface area contributed by atoms with E-state index in [1.165, 1.54) is 11.3 Å². The summed E-state index contributed by atoms with van der Waals surface area (Å²) in [5.41, 5.74) is 4.44. The first-order chi connectivity index (χ1) is 16.1. The van der Waals surface area contributed by atoms with Gasteiger partial charge in [-0.05, 0) is 37.1 Å². The Labute approximate surface area is 195 Å². The lowest BCUT2D eigenvalue weighted by molar-refractivity contribution is -0.120. The van der Waals surface area contributed by atoms with Gasteiger partial charge in [0.15, 0.2) is 0 Å². The highest BCUT2D eigenvalue weighted by atomic mass is 32.1. The van der Waals surface area contributed by atoms with Crippen molar-refractivity contribution >= 4 is 34.1 Å². The topological polar surface area (TPSA) is 113 Å². The van der Waals surface area contributed by atoms with Crippen LogP contribution in [0.2, 0.25) is 0 Å². The van der Waals surface area contributed by atoms with Crippen molar-refractivity contribution in [3.8, 4) is 11.3 Å². The summed E-state index contributed by atoms with van der Waals surface area (Å²) in [6.07, 6.45) is 9.19. The minimum atomic E-state index is -0.126. The van der Waals surface area contributed by atoms with E-state index >= 15 is 0 Å². The first-order valence-electron chi connectivity index (χ1n) is 11.0. The van der Waals surface area contributed by atoms with Crippen LogP contribution in [0, 0.1) is 0 Å². The van der Waals surface area contributed by atoms with Gasteiger partial charge in [-0.3, -0.25) is 14.6 Å². The monoisotopic (exact) mass is 465 g/mol. The third-order valence-corrected chi connectivity index (χ3v) is 6.42. The van der Waals surface area contributed by atoms with Crippen molar-refractivity contribution in [2.75, 3.05) is 13.6 Å². The standard InChI is InChI=1S/C24H27N5O3S/c1-25-22(30)6-4-2-3-5-18(12-28-24(31)21-14-26-15-33-21)23-27-13-19(29-23)16-7-8-20-17(11-16)9-10-32-20/h7-11,13-15,18H,2-6,12H2,1H3,(H,25,30)(H,27,29)(H,28,31). The lowest BCUT2D eigenvalue weighted by atomic mass is 9.99. The van der Waals surface area contributed by atoms with E-state index in [1.807, 2.05) is 24.4 Å². The molecule has 0 aliphatic heterocycles. The molecule has 0 bridgehead atoms. The number of nitrogens with one attached hydrogen (secondary N) is 3. The Morgan fingerprint density at radius 3 is 2.91 bits per heavy atom. The SMILES string of the molecule is CNC(=O)CCCCCC(CNC(=O)c1cncs1)c1ncc(-c2ccc3occc3c2)[nH]1. The predicted octanol–water partition coefficient (Wildman–Crippen LogP) is 4.49. The van der Waals surface area contributed by atoms with E-state index in [-0.39, 0.29) is 17.7 Å². The van der Waals surface area contributed by atoms with E-state index in [1.54, 1.807) is 25.0 Å². The van der Waals surface area contributed by atoms with Gasteiger partial charge >= 0.3 is 0 Å². The van der Waals surface area contributed by atoms with E-state index in [4.69, 9.17) is 4.42 Å². The normalized spacial score (nSPS) is 12.0. The second kappa shape index (κ2) is 10.9. The second-order valence-corrected chi connectivity index (χ2v) is 8.79. The van der Waals surface area contributed by atoms with Crippen LogP contribution in [0.25, 0.3) is 22.2 Å². The number of hydrogen-bond donors (Lipinski definition) is 3. The third-order valence-electron chi connectivity index (χ3n) is 5.65. The van der Waals surface area contributed by atoms with Crippen LogP contribution < -0.4 is 10.6 Å². The number of aromatic amines is 1. The summed E-state index contributed by atoms with van der Waals surface area (Å²) in [6, 6.07) is 7.95. The Kier molecular flexibility index (Phi) is 7.51. The predicted molar refractivity (Wildman–Crippen MR) is 128 cm³/mol. The maximum absolute atomic E-state index is 12.4. The van der Waals surface area contributed by atoms with Crippen LogP contribution in [0.3, 0.4) is 0 Å². The Morgan fingerprint density at radius 1 is 1.18 bits per heavy atom. The number of benzene rings is 1. The number of carbonyl (C=O) groups is 2. The zero-order valence-electron chi connectivity index (χ0n) is 18.5. The van der Waals surface area contributed by atoms with Gasteiger partial charge in [0.05, 0.1) is 29.9 Å². The molecule has 0 spiro atoms. The lowest BCUT2D eigenvalue weighted by Crippen LogP contribution is -2.28. The molecule has 1 aromatic carbocycles. The van der Waals surface area contributed by atoms with Crippen LogP contribution in [-0.4, -0.2) is 40.4 Å².